The van der Waals surface area contributed by atoms with Gasteiger partial charge in [-0.1, -0.05) is 32.9 Å². The van der Waals surface area contributed by atoms with Crippen molar-refractivity contribution in [2.75, 3.05) is 11.9 Å². The van der Waals surface area contributed by atoms with Crippen LogP contribution in [0.1, 0.15) is 20.8 Å². The van der Waals surface area contributed by atoms with Gasteiger partial charge in [0.2, 0.25) is 11.8 Å². The molecule has 0 unspecified atom stereocenters. The van der Waals surface area contributed by atoms with Gasteiger partial charge in [-0.15, -0.1) is 11.3 Å². The van der Waals surface area contributed by atoms with Crippen molar-refractivity contribution in [1.29, 1.82) is 0 Å². The van der Waals surface area contributed by atoms with Crippen LogP contribution < -0.4 is 16.1 Å². The Balaban J connectivity index is 1.82. The lowest BCUT2D eigenvalue weighted by molar-refractivity contribution is -0.130. The number of fused-ring (bicyclic) bond motifs is 2. The van der Waals surface area contributed by atoms with Crippen molar-refractivity contribution in [3.8, 4) is 0 Å². The lowest BCUT2D eigenvalue weighted by Crippen LogP contribution is -2.39. The fourth-order valence-electron chi connectivity index (χ4n) is 2.51. The van der Waals surface area contributed by atoms with E-state index in [2.05, 4.69) is 10.6 Å². The average molecular weight is 368 g/mol. The molecular formula is C20H20N2O3S. The highest BCUT2D eigenvalue weighted by Crippen LogP contribution is 2.26. The van der Waals surface area contributed by atoms with Crippen LogP contribution in [0.2, 0.25) is 0 Å². The summed E-state index contributed by atoms with van der Waals surface area (Å²) < 4.78 is 1.81. The minimum absolute atomic E-state index is 0.0496. The first kappa shape index (κ1) is 18.1. The number of rotatable bonds is 3. The second-order valence-electron chi connectivity index (χ2n) is 7.12. The summed E-state index contributed by atoms with van der Waals surface area (Å²) in [6, 6.07) is 12.8. The second kappa shape index (κ2) is 6.88. The molecule has 0 radical (unpaired) electrons. The van der Waals surface area contributed by atoms with E-state index in [0.717, 1.165) is 9.40 Å². The number of hydrogen-bond donors (Lipinski definition) is 2. The van der Waals surface area contributed by atoms with Crippen LogP contribution in [0.3, 0.4) is 0 Å². The SMILES string of the molecule is CC(C)(C)C(=O)NCC(=O)Nc1ccc2sc3ccccc3c(=O)c2c1. The zero-order valence-corrected chi connectivity index (χ0v) is 15.7. The summed E-state index contributed by atoms with van der Waals surface area (Å²) in [7, 11) is 0. The van der Waals surface area contributed by atoms with E-state index in [0.29, 0.717) is 16.5 Å². The molecule has 6 heteroatoms. The summed E-state index contributed by atoms with van der Waals surface area (Å²) in [5.41, 5.74) is -0.0677. The Morgan fingerprint density at radius 2 is 1.69 bits per heavy atom. The normalized spacial score (nSPS) is 11.5. The summed E-state index contributed by atoms with van der Waals surface area (Å²) >= 11 is 1.54. The van der Waals surface area contributed by atoms with Gasteiger partial charge in [0.15, 0.2) is 5.43 Å². The van der Waals surface area contributed by atoms with Crippen LogP contribution in [0, 0.1) is 5.41 Å². The molecule has 0 saturated carbocycles. The van der Waals surface area contributed by atoms with Gasteiger partial charge >= 0.3 is 0 Å². The molecule has 0 aliphatic rings. The Hall–Kier alpha value is -2.73. The molecule has 3 aromatic rings. The first-order valence-corrected chi connectivity index (χ1v) is 9.11. The average Bonchev–Trinajstić information content (AvgIpc) is 2.59. The Morgan fingerprint density at radius 3 is 2.42 bits per heavy atom. The van der Waals surface area contributed by atoms with E-state index in [-0.39, 0.29) is 23.8 Å². The molecule has 0 fully saturated rings. The molecule has 2 aromatic carbocycles. The van der Waals surface area contributed by atoms with Crippen molar-refractivity contribution < 1.29 is 9.59 Å². The topological polar surface area (TPSA) is 75.3 Å². The number of carbonyl (C=O) groups is 2. The molecule has 0 aliphatic carbocycles. The maximum absolute atomic E-state index is 12.7. The van der Waals surface area contributed by atoms with Gasteiger partial charge in [0.05, 0.1) is 6.54 Å². The summed E-state index contributed by atoms with van der Waals surface area (Å²) in [5.74, 6) is -0.528. The van der Waals surface area contributed by atoms with E-state index in [1.54, 1.807) is 50.3 Å². The van der Waals surface area contributed by atoms with Crippen LogP contribution in [0.4, 0.5) is 5.69 Å². The maximum atomic E-state index is 12.7. The first-order valence-electron chi connectivity index (χ1n) is 8.29. The van der Waals surface area contributed by atoms with E-state index < -0.39 is 5.41 Å². The molecule has 134 valence electrons. The maximum Gasteiger partial charge on any atom is 0.243 e. The third kappa shape index (κ3) is 3.75. The van der Waals surface area contributed by atoms with Crippen LogP contribution in [0.25, 0.3) is 20.2 Å². The third-order valence-electron chi connectivity index (χ3n) is 3.95. The zero-order valence-electron chi connectivity index (χ0n) is 14.9. The van der Waals surface area contributed by atoms with E-state index in [1.165, 1.54) is 0 Å². The molecule has 2 amide bonds. The number of amides is 2. The van der Waals surface area contributed by atoms with Crippen LogP contribution in [-0.2, 0) is 9.59 Å². The molecule has 1 heterocycles. The monoisotopic (exact) mass is 368 g/mol. The Morgan fingerprint density at radius 1 is 1.00 bits per heavy atom. The van der Waals surface area contributed by atoms with Crippen molar-refractivity contribution in [2.24, 2.45) is 5.41 Å². The smallest absolute Gasteiger partial charge is 0.243 e. The van der Waals surface area contributed by atoms with Crippen LogP contribution >= 0.6 is 11.3 Å². The fourth-order valence-corrected chi connectivity index (χ4v) is 3.56. The zero-order chi connectivity index (χ0) is 18.9. The quantitative estimate of drug-likeness (QED) is 0.695. The number of nitrogens with one attached hydrogen (secondary N) is 2. The van der Waals surface area contributed by atoms with Gasteiger partial charge in [-0.25, -0.2) is 0 Å². The number of carbonyl (C=O) groups excluding carboxylic acids is 2. The van der Waals surface area contributed by atoms with Gasteiger partial charge < -0.3 is 10.6 Å². The highest BCUT2D eigenvalue weighted by atomic mass is 32.1. The molecule has 0 bridgehead atoms. The molecule has 26 heavy (non-hydrogen) atoms. The predicted molar refractivity (Wildman–Crippen MR) is 107 cm³/mol. The Kier molecular flexibility index (Phi) is 4.78. The van der Waals surface area contributed by atoms with Crippen molar-refractivity contribution in [2.45, 2.75) is 20.8 Å². The van der Waals surface area contributed by atoms with Gasteiger partial charge in [0, 0.05) is 31.3 Å². The third-order valence-corrected chi connectivity index (χ3v) is 5.10. The molecule has 2 N–H and O–H groups in total. The van der Waals surface area contributed by atoms with Crippen molar-refractivity contribution in [3.05, 3.63) is 52.7 Å². The van der Waals surface area contributed by atoms with Gasteiger partial charge in [-0.05, 0) is 30.3 Å². The standard InChI is InChI=1S/C20H20N2O3S/c1-20(2,3)19(25)21-11-17(23)22-12-8-9-16-14(10-12)18(24)13-6-4-5-7-15(13)26-16/h4-10H,11H2,1-3H3,(H,21,25)(H,22,23). The summed E-state index contributed by atoms with van der Waals surface area (Å²) in [6.07, 6.45) is 0. The number of anilines is 1. The second-order valence-corrected chi connectivity index (χ2v) is 8.20. The summed E-state index contributed by atoms with van der Waals surface area (Å²) in [5, 5.41) is 6.58. The summed E-state index contributed by atoms with van der Waals surface area (Å²) in [6.45, 7) is 5.24. The van der Waals surface area contributed by atoms with Gasteiger partial charge in [-0.2, -0.15) is 0 Å². The lowest BCUT2D eigenvalue weighted by Gasteiger charge is -2.17. The highest BCUT2D eigenvalue weighted by molar-refractivity contribution is 7.24. The highest BCUT2D eigenvalue weighted by Gasteiger charge is 2.21. The molecule has 0 saturated heterocycles. The van der Waals surface area contributed by atoms with Gasteiger partial charge in [0.1, 0.15) is 0 Å². The van der Waals surface area contributed by atoms with Crippen molar-refractivity contribution in [1.82, 2.24) is 5.32 Å². The van der Waals surface area contributed by atoms with Gasteiger partial charge in [0.25, 0.3) is 0 Å². The number of benzene rings is 2. The van der Waals surface area contributed by atoms with Gasteiger partial charge in [-0.3, -0.25) is 14.4 Å². The Bertz CT molecular complexity index is 1060. The van der Waals surface area contributed by atoms with E-state index >= 15 is 0 Å². The first-order chi connectivity index (χ1) is 12.3. The molecular weight excluding hydrogens is 348 g/mol. The van der Waals surface area contributed by atoms with Crippen molar-refractivity contribution in [3.63, 3.8) is 0 Å². The van der Waals surface area contributed by atoms with Crippen LogP contribution in [0.5, 0.6) is 0 Å². The molecule has 3 rings (SSSR count). The molecule has 0 atom stereocenters. The van der Waals surface area contributed by atoms with E-state index in [1.807, 2.05) is 24.3 Å². The van der Waals surface area contributed by atoms with Crippen LogP contribution in [0.15, 0.2) is 47.3 Å². The molecule has 5 nitrogen and oxygen atoms in total. The van der Waals surface area contributed by atoms with E-state index in [4.69, 9.17) is 0 Å². The Labute approximate surface area is 155 Å². The minimum atomic E-state index is -0.552. The van der Waals surface area contributed by atoms with Crippen LogP contribution in [-0.4, -0.2) is 18.4 Å². The van der Waals surface area contributed by atoms with E-state index in [9.17, 15) is 14.4 Å². The molecule has 1 aromatic heterocycles. The molecule has 0 aliphatic heterocycles. The summed E-state index contributed by atoms with van der Waals surface area (Å²) in [4.78, 5) is 36.6. The predicted octanol–water partition coefficient (Wildman–Crippen LogP) is 3.52. The van der Waals surface area contributed by atoms with Crippen molar-refractivity contribution >= 4 is 49.0 Å². The largest absolute Gasteiger partial charge is 0.347 e. The fraction of sp³-hybridized carbons (Fsp3) is 0.250. The minimum Gasteiger partial charge on any atom is -0.347 e. The number of hydrogen-bond acceptors (Lipinski definition) is 4. The molecule has 0 spiro atoms. The lowest BCUT2D eigenvalue weighted by atomic mass is 9.96.